The van der Waals surface area contributed by atoms with Gasteiger partial charge in [0.2, 0.25) is 11.8 Å². The molecule has 6 fully saturated rings. The van der Waals surface area contributed by atoms with Crippen molar-refractivity contribution in [3.8, 4) is 5.88 Å². The first-order chi connectivity index (χ1) is 16.9. The molecule has 2 saturated heterocycles. The van der Waals surface area contributed by atoms with E-state index >= 15 is 0 Å². The molecule has 188 valence electrons. The van der Waals surface area contributed by atoms with Gasteiger partial charge in [-0.05, 0) is 56.8 Å². The molecule has 6 atom stereocenters. The number of aryl methyl sites for hydroxylation is 1. The van der Waals surface area contributed by atoms with Crippen LogP contribution in [0.4, 0.5) is 17.6 Å². The first-order valence-electron chi connectivity index (χ1n) is 12.7. The fourth-order valence-electron chi connectivity index (χ4n) is 7.29. The Morgan fingerprint density at radius 3 is 2.60 bits per heavy atom. The number of hydrogen-bond donors (Lipinski definition) is 5. The smallest absolute Gasteiger partial charge is 0.228 e. The second-order valence-electron chi connectivity index (χ2n) is 11.2. The van der Waals surface area contributed by atoms with Crippen molar-refractivity contribution in [3.63, 3.8) is 0 Å². The number of H-pyrrole nitrogens is 1. The second-order valence-corrected chi connectivity index (χ2v) is 11.2. The van der Waals surface area contributed by atoms with Crippen LogP contribution < -0.4 is 15.4 Å². The Morgan fingerprint density at radius 2 is 1.86 bits per heavy atom. The van der Waals surface area contributed by atoms with Gasteiger partial charge in [0.1, 0.15) is 24.1 Å². The van der Waals surface area contributed by atoms with Crippen molar-refractivity contribution in [1.82, 2.24) is 20.2 Å². The number of aromatic nitrogens is 4. The van der Waals surface area contributed by atoms with Gasteiger partial charge in [-0.2, -0.15) is 15.1 Å². The maximum atomic E-state index is 11.0. The zero-order valence-electron chi connectivity index (χ0n) is 19.7. The predicted molar refractivity (Wildman–Crippen MR) is 124 cm³/mol. The lowest BCUT2D eigenvalue weighted by Gasteiger charge is -2.58. The van der Waals surface area contributed by atoms with Crippen LogP contribution in [0.5, 0.6) is 5.88 Å². The van der Waals surface area contributed by atoms with E-state index in [0.29, 0.717) is 47.8 Å². The molecule has 0 radical (unpaired) electrons. The van der Waals surface area contributed by atoms with E-state index in [4.69, 9.17) is 24.2 Å². The zero-order chi connectivity index (χ0) is 23.7. The summed E-state index contributed by atoms with van der Waals surface area (Å²) in [6.45, 7) is 2.51. The molecule has 5 N–H and O–H groups in total. The number of aliphatic hydroxyl groups is 2. The topological polar surface area (TPSA) is 147 Å². The third-order valence-electron chi connectivity index (χ3n) is 8.46. The molecule has 0 aromatic carbocycles. The second kappa shape index (κ2) is 8.02. The van der Waals surface area contributed by atoms with Crippen LogP contribution >= 0.6 is 0 Å². The summed E-state index contributed by atoms with van der Waals surface area (Å²) in [6.07, 6.45) is 3.22. The molecule has 11 nitrogen and oxygen atoms in total. The van der Waals surface area contributed by atoms with Crippen LogP contribution in [0.15, 0.2) is 12.1 Å². The summed E-state index contributed by atoms with van der Waals surface area (Å²) in [6, 6.07) is 3.88. The molecule has 4 aliphatic carbocycles. The van der Waals surface area contributed by atoms with E-state index in [1.807, 2.05) is 13.0 Å². The van der Waals surface area contributed by atoms with Gasteiger partial charge in [0.25, 0.3) is 0 Å². The summed E-state index contributed by atoms with van der Waals surface area (Å²) in [4.78, 5) is 9.42. The number of aromatic amines is 1. The van der Waals surface area contributed by atoms with Crippen LogP contribution in [-0.2, 0) is 9.47 Å². The molecule has 6 aliphatic rings. The molecule has 35 heavy (non-hydrogen) atoms. The van der Waals surface area contributed by atoms with E-state index < -0.39 is 11.7 Å². The SMILES string of the molecule is Cc1cc(Nc2cc(O[C@@H]3CO[C@H]4[C@@H]3OC[C@H]4O)nc(NC3[C@@H]4CC5C[C@@H]3CC(O)(C5)C4)n2)n[nH]1. The normalized spacial score (nSPS) is 41.2. The Balaban J connectivity index is 1.15. The number of ether oxygens (including phenoxy) is 3. The summed E-state index contributed by atoms with van der Waals surface area (Å²) in [7, 11) is 0. The minimum atomic E-state index is -0.636. The van der Waals surface area contributed by atoms with E-state index in [1.54, 1.807) is 6.07 Å². The molecule has 4 saturated carbocycles. The summed E-state index contributed by atoms with van der Waals surface area (Å²) in [5.74, 6) is 3.58. The van der Waals surface area contributed by atoms with E-state index in [1.165, 1.54) is 0 Å². The van der Waals surface area contributed by atoms with Crippen molar-refractivity contribution in [3.05, 3.63) is 17.8 Å². The number of fused-ring (bicyclic) bond motifs is 1. The average Bonchev–Trinajstić information content (AvgIpc) is 3.49. The highest BCUT2D eigenvalue weighted by atomic mass is 16.6. The summed E-state index contributed by atoms with van der Waals surface area (Å²) < 4.78 is 17.7. The lowest BCUT2D eigenvalue weighted by Crippen LogP contribution is -2.59. The van der Waals surface area contributed by atoms with E-state index in [0.717, 1.165) is 37.8 Å². The zero-order valence-corrected chi connectivity index (χ0v) is 19.7. The highest BCUT2D eigenvalue weighted by molar-refractivity contribution is 5.55. The third kappa shape index (κ3) is 3.94. The van der Waals surface area contributed by atoms with Crippen molar-refractivity contribution in [2.45, 2.75) is 75.1 Å². The van der Waals surface area contributed by atoms with Gasteiger partial charge in [0, 0.05) is 23.9 Å². The molecule has 11 heteroatoms. The third-order valence-corrected chi connectivity index (χ3v) is 8.46. The molecule has 0 unspecified atom stereocenters. The van der Waals surface area contributed by atoms with Crippen LogP contribution in [0.1, 0.15) is 37.8 Å². The van der Waals surface area contributed by atoms with E-state index in [9.17, 15) is 10.2 Å². The van der Waals surface area contributed by atoms with Crippen molar-refractivity contribution >= 4 is 17.6 Å². The molecule has 4 heterocycles. The number of nitrogens with zero attached hydrogens (tertiary/aromatic N) is 3. The summed E-state index contributed by atoms with van der Waals surface area (Å²) in [5, 5.41) is 35.0. The maximum Gasteiger partial charge on any atom is 0.228 e. The Morgan fingerprint density at radius 1 is 1.06 bits per heavy atom. The highest BCUT2D eigenvalue weighted by Gasteiger charge is 2.55. The van der Waals surface area contributed by atoms with Crippen LogP contribution in [0, 0.1) is 24.7 Å². The van der Waals surface area contributed by atoms with Crippen LogP contribution in [0.25, 0.3) is 0 Å². The van der Waals surface area contributed by atoms with Crippen molar-refractivity contribution in [2.24, 2.45) is 17.8 Å². The molecular weight excluding hydrogens is 452 g/mol. The van der Waals surface area contributed by atoms with Gasteiger partial charge in [-0.3, -0.25) is 5.10 Å². The van der Waals surface area contributed by atoms with Crippen LogP contribution in [-0.4, -0.2) is 79.7 Å². The number of aliphatic hydroxyl groups excluding tert-OH is 1. The van der Waals surface area contributed by atoms with Gasteiger partial charge in [-0.25, -0.2) is 0 Å². The quantitative estimate of drug-likeness (QED) is 0.409. The van der Waals surface area contributed by atoms with Crippen molar-refractivity contribution in [1.29, 1.82) is 0 Å². The molecule has 2 aliphatic heterocycles. The van der Waals surface area contributed by atoms with Gasteiger partial charge in [-0.1, -0.05) is 0 Å². The maximum absolute atomic E-state index is 11.0. The lowest BCUT2D eigenvalue weighted by atomic mass is 9.52. The van der Waals surface area contributed by atoms with Gasteiger partial charge in [-0.15, -0.1) is 0 Å². The van der Waals surface area contributed by atoms with Crippen LogP contribution in [0.2, 0.25) is 0 Å². The molecule has 0 amide bonds. The first-order valence-corrected chi connectivity index (χ1v) is 12.7. The fourth-order valence-corrected chi connectivity index (χ4v) is 7.29. The number of hydrogen-bond acceptors (Lipinski definition) is 10. The van der Waals surface area contributed by atoms with E-state index in [-0.39, 0.29) is 31.0 Å². The predicted octanol–water partition coefficient (Wildman–Crippen LogP) is 1.51. The fraction of sp³-hybridized carbons (Fsp3) is 0.708. The lowest BCUT2D eigenvalue weighted by molar-refractivity contribution is -0.129. The minimum Gasteiger partial charge on any atom is -0.469 e. The van der Waals surface area contributed by atoms with Crippen molar-refractivity contribution in [2.75, 3.05) is 23.8 Å². The summed E-state index contributed by atoms with van der Waals surface area (Å²) >= 11 is 0. The minimum absolute atomic E-state index is 0.232. The Labute approximate surface area is 203 Å². The van der Waals surface area contributed by atoms with E-state index in [2.05, 4.69) is 20.8 Å². The molecule has 4 bridgehead atoms. The number of rotatable bonds is 6. The molecule has 0 spiro atoms. The van der Waals surface area contributed by atoms with Gasteiger partial charge in [0.15, 0.2) is 11.9 Å². The van der Waals surface area contributed by atoms with Crippen molar-refractivity contribution < 1.29 is 24.4 Å². The Kier molecular flexibility index (Phi) is 4.99. The average molecular weight is 485 g/mol. The number of nitrogens with one attached hydrogen (secondary N) is 3. The van der Waals surface area contributed by atoms with Gasteiger partial charge < -0.3 is 35.1 Å². The summed E-state index contributed by atoms with van der Waals surface area (Å²) in [5.41, 5.74) is 0.449. The van der Waals surface area contributed by atoms with Gasteiger partial charge >= 0.3 is 0 Å². The number of anilines is 3. The Bertz CT molecular complexity index is 1100. The van der Waals surface area contributed by atoms with Crippen LogP contribution in [0.3, 0.4) is 0 Å². The molecule has 2 aromatic heterocycles. The molecule has 2 aromatic rings. The Hall–Kier alpha value is -2.47. The monoisotopic (exact) mass is 484 g/mol. The largest absolute Gasteiger partial charge is 0.469 e. The first kappa shape index (κ1) is 21.8. The highest BCUT2D eigenvalue weighted by Crippen LogP contribution is 2.56. The molecular formula is C24H32N6O5. The molecule has 8 rings (SSSR count). The van der Waals surface area contributed by atoms with Gasteiger partial charge in [0.05, 0.1) is 18.8 Å². The standard InChI is InChI=1S/C24H32N6O5/c1-11-2-18(30-29-11)25-17-5-19(35-16-10-34-21-15(31)9-33-22(16)21)27-23(26-17)28-20-13-3-12-4-14(20)8-24(32,6-12)7-13/h2,5,12-16,20-22,31-32H,3-4,6-10H2,1H3,(H3,25,26,27,28,29,30)/t12?,13-,14-,15-,16-,20?,21-,22-,24?/m1/s1.